The van der Waals surface area contributed by atoms with Gasteiger partial charge in [0, 0.05) is 5.69 Å². The number of amides is 1. The average Bonchev–Trinajstić information content (AvgIpc) is 2.66. The van der Waals surface area contributed by atoms with E-state index in [9.17, 15) is 9.59 Å². The number of carbonyl (C=O) groups excluding carboxylic acids is 2. The number of hydrogen-bond donors (Lipinski definition) is 1. The molecular formula is C20H22ClNO5. The molecule has 0 bridgehead atoms. The van der Waals surface area contributed by atoms with Crippen LogP contribution in [0.2, 0.25) is 5.02 Å². The fraction of sp³-hybridized carbons (Fsp3) is 0.300. The lowest BCUT2D eigenvalue weighted by atomic mass is 10.2. The van der Waals surface area contributed by atoms with Crippen molar-refractivity contribution in [3.63, 3.8) is 0 Å². The SMILES string of the molecule is CCCOc1c(Cl)cc(C(=O)OCC(=O)Nc2ccccc2C)cc1OC. The number of hydrogen-bond acceptors (Lipinski definition) is 5. The highest BCUT2D eigenvalue weighted by molar-refractivity contribution is 6.32. The average molecular weight is 392 g/mol. The van der Waals surface area contributed by atoms with Crippen LogP contribution in [0.25, 0.3) is 0 Å². The summed E-state index contributed by atoms with van der Waals surface area (Å²) in [6, 6.07) is 10.2. The lowest BCUT2D eigenvalue weighted by molar-refractivity contribution is -0.119. The Kier molecular flexibility index (Phi) is 7.49. The molecule has 27 heavy (non-hydrogen) atoms. The molecule has 0 aromatic heterocycles. The van der Waals surface area contributed by atoms with Gasteiger partial charge in [-0.1, -0.05) is 36.7 Å². The first-order valence-electron chi connectivity index (χ1n) is 8.49. The van der Waals surface area contributed by atoms with Crippen molar-refractivity contribution >= 4 is 29.2 Å². The van der Waals surface area contributed by atoms with E-state index in [4.69, 9.17) is 25.8 Å². The Labute approximate surface area is 163 Å². The third kappa shape index (κ3) is 5.62. The number of carbonyl (C=O) groups is 2. The first kappa shape index (κ1) is 20.6. The molecule has 0 radical (unpaired) electrons. The van der Waals surface area contributed by atoms with Crippen molar-refractivity contribution in [3.05, 3.63) is 52.5 Å². The molecule has 0 unspecified atom stereocenters. The fourth-order valence-corrected chi connectivity index (χ4v) is 2.56. The summed E-state index contributed by atoms with van der Waals surface area (Å²) in [6.07, 6.45) is 0.805. The van der Waals surface area contributed by atoms with Gasteiger partial charge in [0.25, 0.3) is 5.91 Å². The molecule has 2 aromatic rings. The molecule has 0 aliphatic heterocycles. The highest BCUT2D eigenvalue weighted by Gasteiger charge is 2.18. The normalized spacial score (nSPS) is 10.2. The molecule has 2 aromatic carbocycles. The Morgan fingerprint density at radius 1 is 1.19 bits per heavy atom. The predicted molar refractivity (Wildman–Crippen MR) is 104 cm³/mol. The fourth-order valence-electron chi connectivity index (χ4n) is 2.30. The highest BCUT2D eigenvalue weighted by atomic mass is 35.5. The summed E-state index contributed by atoms with van der Waals surface area (Å²) < 4.78 is 15.9. The summed E-state index contributed by atoms with van der Waals surface area (Å²) in [4.78, 5) is 24.3. The van der Waals surface area contributed by atoms with Crippen molar-refractivity contribution in [2.75, 3.05) is 25.6 Å². The number of esters is 1. The predicted octanol–water partition coefficient (Wildman–Crippen LogP) is 4.24. The standard InChI is InChI=1S/C20H22ClNO5/c1-4-9-26-19-15(21)10-14(11-17(19)25-3)20(24)27-12-18(23)22-16-8-6-5-7-13(16)2/h5-8,10-11H,4,9,12H2,1-3H3,(H,22,23). The Morgan fingerprint density at radius 2 is 1.93 bits per heavy atom. The van der Waals surface area contributed by atoms with Crippen LogP contribution in [0.3, 0.4) is 0 Å². The number of ether oxygens (including phenoxy) is 3. The maximum absolute atomic E-state index is 12.3. The molecule has 0 atom stereocenters. The molecule has 7 heteroatoms. The van der Waals surface area contributed by atoms with Crippen LogP contribution < -0.4 is 14.8 Å². The maximum Gasteiger partial charge on any atom is 0.338 e. The van der Waals surface area contributed by atoms with Gasteiger partial charge in [0.05, 0.1) is 24.3 Å². The van der Waals surface area contributed by atoms with Crippen molar-refractivity contribution in [2.24, 2.45) is 0 Å². The van der Waals surface area contributed by atoms with Gasteiger partial charge in [0.1, 0.15) is 0 Å². The summed E-state index contributed by atoms with van der Waals surface area (Å²) in [5, 5.41) is 2.93. The van der Waals surface area contributed by atoms with Gasteiger partial charge in [-0.05, 0) is 37.1 Å². The molecule has 1 amide bonds. The minimum absolute atomic E-state index is 0.171. The Bertz CT molecular complexity index is 822. The van der Waals surface area contributed by atoms with Gasteiger partial charge in [0.15, 0.2) is 18.1 Å². The number of para-hydroxylation sites is 1. The van der Waals surface area contributed by atoms with Crippen molar-refractivity contribution in [1.82, 2.24) is 0 Å². The summed E-state index contributed by atoms with van der Waals surface area (Å²) >= 11 is 6.19. The van der Waals surface area contributed by atoms with E-state index in [-0.39, 0.29) is 10.6 Å². The number of anilines is 1. The molecule has 0 fully saturated rings. The van der Waals surface area contributed by atoms with Crippen molar-refractivity contribution in [2.45, 2.75) is 20.3 Å². The Balaban J connectivity index is 2.02. The summed E-state index contributed by atoms with van der Waals surface area (Å²) in [7, 11) is 1.45. The largest absolute Gasteiger partial charge is 0.493 e. The second-order valence-electron chi connectivity index (χ2n) is 5.78. The van der Waals surface area contributed by atoms with Gasteiger partial charge in [0.2, 0.25) is 0 Å². The molecule has 144 valence electrons. The molecule has 0 heterocycles. The van der Waals surface area contributed by atoms with Crippen molar-refractivity contribution in [1.29, 1.82) is 0 Å². The van der Waals surface area contributed by atoms with Crippen LogP contribution >= 0.6 is 11.6 Å². The number of halogens is 1. The zero-order chi connectivity index (χ0) is 19.8. The topological polar surface area (TPSA) is 73.9 Å². The van der Waals surface area contributed by atoms with E-state index in [0.29, 0.717) is 23.8 Å². The molecule has 0 aliphatic rings. The van der Waals surface area contributed by atoms with E-state index in [0.717, 1.165) is 12.0 Å². The van der Waals surface area contributed by atoms with Crippen LogP contribution in [-0.4, -0.2) is 32.2 Å². The molecular weight excluding hydrogens is 370 g/mol. The number of rotatable bonds is 8. The lowest BCUT2D eigenvalue weighted by Gasteiger charge is -2.13. The molecule has 0 saturated carbocycles. The third-order valence-corrected chi connectivity index (χ3v) is 3.95. The van der Waals surface area contributed by atoms with Crippen molar-refractivity contribution in [3.8, 4) is 11.5 Å². The van der Waals surface area contributed by atoms with Gasteiger partial charge < -0.3 is 19.5 Å². The van der Waals surface area contributed by atoms with Gasteiger partial charge >= 0.3 is 5.97 Å². The third-order valence-electron chi connectivity index (χ3n) is 3.67. The zero-order valence-electron chi connectivity index (χ0n) is 15.5. The smallest absolute Gasteiger partial charge is 0.338 e. The molecule has 1 N–H and O–H groups in total. The van der Waals surface area contributed by atoms with Crippen LogP contribution in [0, 0.1) is 6.92 Å². The van der Waals surface area contributed by atoms with Gasteiger partial charge in [-0.2, -0.15) is 0 Å². The number of aryl methyl sites for hydroxylation is 1. The van der Waals surface area contributed by atoms with Crippen LogP contribution in [0.4, 0.5) is 5.69 Å². The molecule has 2 rings (SSSR count). The van der Waals surface area contributed by atoms with Crippen LogP contribution in [-0.2, 0) is 9.53 Å². The summed E-state index contributed by atoms with van der Waals surface area (Å²) in [5.41, 5.74) is 1.75. The second kappa shape index (κ2) is 9.83. The van der Waals surface area contributed by atoms with E-state index in [1.165, 1.54) is 19.2 Å². The zero-order valence-corrected chi connectivity index (χ0v) is 16.3. The maximum atomic E-state index is 12.3. The molecule has 0 spiro atoms. The van der Waals surface area contributed by atoms with Gasteiger partial charge in [-0.25, -0.2) is 4.79 Å². The van der Waals surface area contributed by atoms with E-state index >= 15 is 0 Å². The van der Waals surface area contributed by atoms with Crippen LogP contribution in [0.15, 0.2) is 36.4 Å². The Hall–Kier alpha value is -2.73. The first-order valence-corrected chi connectivity index (χ1v) is 8.87. The lowest BCUT2D eigenvalue weighted by Crippen LogP contribution is -2.21. The van der Waals surface area contributed by atoms with E-state index in [2.05, 4.69) is 5.32 Å². The minimum Gasteiger partial charge on any atom is -0.493 e. The first-order chi connectivity index (χ1) is 13.0. The monoisotopic (exact) mass is 391 g/mol. The second-order valence-corrected chi connectivity index (χ2v) is 6.18. The van der Waals surface area contributed by atoms with E-state index < -0.39 is 18.5 Å². The van der Waals surface area contributed by atoms with E-state index in [1.54, 1.807) is 6.07 Å². The number of nitrogens with one attached hydrogen (secondary N) is 1. The summed E-state index contributed by atoms with van der Waals surface area (Å²) in [6.45, 7) is 3.90. The van der Waals surface area contributed by atoms with Gasteiger partial charge in [-0.3, -0.25) is 4.79 Å². The number of methoxy groups -OCH3 is 1. The quantitative estimate of drug-likeness (QED) is 0.681. The highest BCUT2D eigenvalue weighted by Crippen LogP contribution is 2.36. The molecule has 6 nitrogen and oxygen atoms in total. The van der Waals surface area contributed by atoms with Gasteiger partial charge in [-0.15, -0.1) is 0 Å². The number of benzene rings is 2. The van der Waals surface area contributed by atoms with E-state index in [1.807, 2.05) is 32.0 Å². The van der Waals surface area contributed by atoms with Crippen molar-refractivity contribution < 1.29 is 23.8 Å². The summed E-state index contributed by atoms with van der Waals surface area (Å²) in [5.74, 6) is -0.419. The van der Waals surface area contributed by atoms with Crippen LogP contribution in [0.1, 0.15) is 29.3 Å². The molecule has 0 aliphatic carbocycles. The van der Waals surface area contributed by atoms with Crippen LogP contribution in [0.5, 0.6) is 11.5 Å². The minimum atomic E-state index is -0.683. The molecule has 0 saturated heterocycles. The Morgan fingerprint density at radius 3 is 2.59 bits per heavy atom.